The van der Waals surface area contributed by atoms with E-state index < -0.39 is 14.0 Å². The van der Waals surface area contributed by atoms with Crippen molar-refractivity contribution in [3.8, 4) is 0 Å². The highest BCUT2D eigenvalue weighted by Crippen LogP contribution is 2.14. The van der Waals surface area contributed by atoms with E-state index in [1.54, 1.807) is 17.5 Å². The number of hydrogen-bond donors (Lipinski definition) is 1. The fourth-order valence-electron chi connectivity index (χ4n) is 1.25. The summed E-state index contributed by atoms with van der Waals surface area (Å²) in [4.78, 5) is 15.5. The minimum atomic E-state index is -1.31. The molecular weight excluding hydrogens is 228 g/mol. The van der Waals surface area contributed by atoms with Crippen LogP contribution in [-0.4, -0.2) is 28.5 Å². The number of aromatic carboxylic acids is 1. The van der Waals surface area contributed by atoms with Gasteiger partial charge in [0, 0.05) is 16.9 Å². The molecule has 2 aromatic rings. The first-order valence-electron chi connectivity index (χ1n) is 4.60. The number of thiazole rings is 1. The molecule has 2 aromatic heterocycles. The van der Waals surface area contributed by atoms with Gasteiger partial charge in [0.05, 0.1) is 8.07 Å². The molecule has 0 saturated carbocycles. The van der Waals surface area contributed by atoms with Gasteiger partial charge in [-0.3, -0.25) is 4.40 Å². The van der Waals surface area contributed by atoms with Gasteiger partial charge in [-0.15, -0.1) is 11.3 Å². The Kier molecular flexibility index (Phi) is 2.20. The van der Waals surface area contributed by atoms with Gasteiger partial charge in [0.1, 0.15) is 0 Å². The molecule has 0 aromatic carbocycles. The summed E-state index contributed by atoms with van der Waals surface area (Å²) >= 11 is 1.59. The van der Waals surface area contributed by atoms with Crippen LogP contribution in [-0.2, 0) is 0 Å². The van der Waals surface area contributed by atoms with Crippen LogP contribution in [0.1, 0.15) is 10.5 Å². The molecule has 6 heteroatoms. The second kappa shape index (κ2) is 3.18. The van der Waals surface area contributed by atoms with E-state index in [1.807, 2.05) is 10.6 Å². The maximum atomic E-state index is 10.7. The lowest BCUT2D eigenvalue weighted by atomic mass is 10.5. The Morgan fingerprint density at radius 1 is 1.47 bits per heavy atom. The third-order valence-electron chi connectivity index (χ3n) is 2.11. The SMILES string of the molecule is C[Si](C)(C)c1cn2cc(C(=O)O)nc2s1. The van der Waals surface area contributed by atoms with Gasteiger partial charge < -0.3 is 5.11 Å². The van der Waals surface area contributed by atoms with Crippen LogP contribution in [0.5, 0.6) is 0 Å². The Morgan fingerprint density at radius 3 is 2.60 bits per heavy atom. The molecule has 0 bridgehead atoms. The predicted octanol–water partition coefficient (Wildman–Crippen LogP) is 1.64. The first kappa shape index (κ1) is 10.4. The summed E-state index contributed by atoms with van der Waals surface area (Å²) in [5.41, 5.74) is 0.114. The molecule has 0 radical (unpaired) electrons. The number of carboxylic acids is 1. The molecule has 15 heavy (non-hydrogen) atoms. The summed E-state index contributed by atoms with van der Waals surface area (Å²) in [5.74, 6) is -0.972. The lowest BCUT2D eigenvalue weighted by Gasteiger charge is -2.11. The predicted molar refractivity (Wildman–Crippen MR) is 63.0 cm³/mol. The summed E-state index contributed by atoms with van der Waals surface area (Å²) < 4.78 is 3.14. The quantitative estimate of drug-likeness (QED) is 0.812. The van der Waals surface area contributed by atoms with E-state index in [0.717, 1.165) is 4.96 Å². The molecule has 4 nitrogen and oxygen atoms in total. The highest BCUT2D eigenvalue weighted by atomic mass is 32.1. The van der Waals surface area contributed by atoms with E-state index in [0.29, 0.717) is 0 Å². The van der Waals surface area contributed by atoms with Crippen molar-refractivity contribution < 1.29 is 9.90 Å². The number of rotatable bonds is 2. The lowest BCUT2D eigenvalue weighted by Crippen LogP contribution is -2.35. The van der Waals surface area contributed by atoms with E-state index in [4.69, 9.17) is 5.11 Å². The smallest absolute Gasteiger partial charge is 0.356 e. The van der Waals surface area contributed by atoms with E-state index in [-0.39, 0.29) is 5.69 Å². The van der Waals surface area contributed by atoms with Gasteiger partial charge in [-0.2, -0.15) is 0 Å². The van der Waals surface area contributed by atoms with Gasteiger partial charge >= 0.3 is 5.97 Å². The average Bonchev–Trinajstić information content (AvgIpc) is 2.55. The second-order valence-electron chi connectivity index (χ2n) is 4.47. The summed E-state index contributed by atoms with van der Waals surface area (Å²) in [5, 5.41) is 8.77. The Hall–Kier alpha value is -1.14. The molecule has 0 atom stereocenters. The van der Waals surface area contributed by atoms with Crippen molar-refractivity contribution in [2.45, 2.75) is 19.6 Å². The number of imidazole rings is 1. The van der Waals surface area contributed by atoms with E-state index in [1.165, 1.54) is 4.50 Å². The summed E-state index contributed by atoms with van der Waals surface area (Å²) in [7, 11) is -1.31. The Morgan fingerprint density at radius 2 is 2.13 bits per heavy atom. The molecule has 0 spiro atoms. The first-order chi connectivity index (χ1) is 6.88. The van der Waals surface area contributed by atoms with Crippen molar-refractivity contribution >= 4 is 34.8 Å². The van der Waals surface area contributed by atoms with Crippen LogP contribution >= 0.6 is 11.3 Å². The zero-order chi connectivity index (χ0) is 11.2. The Labute approximate surface area is 92.2 Å². The van der Waals surface area contributed by atoms with Gasteiger partial charge in [0.2, 0.25) is 0 Å². The average molecular weight is 240 g/mol. The molecule has 80 valence electrons. The van der Waals surface area contributed by atoms with E-state index >= 15 is 0 Å². The molecule has 0 aliphatic rings. The highest BCUT2D eigenvalue weighted by Gasteiger charge is 2.21. The number of nitrogens with zero attached hydrogens (tertiary/aromatic N) is 2. The van der Waals surface area contributed by atoms with Crippen molar-refractivity contribution in [2.24, 2.45) is 0 Å². The normalized spacial score (nSPS) is 12.2. The molecule has 0 aliphatic carbocycles. The van der Waals surface area contributed by atoms with Crippen molar-refractivity contribution in [3.63, 3.8) is 0 Å². The lowest BCUT2D eigenvalue weighted by molar-refractivity contribution is 0.0691. The van der Waals surface area contributed by atoms with Gasteiger partial charge in [0.15, 0.2) is 10.7 Å². The van der Waals surface area contributed by atoms with Gasteiger partial charge in [-0.1, -0.05) is 19.6 Å². The highest BCUT2D eigenvalue weighted by molar-refractivity contribution is 7.29. The van der Waals surface area contributed by atoms with Crippen molar-refractivity contribution in [1.82, 2.24) is 9.38 Å². The van der Waals surface area contributed by atoms with Crippen molar-refractivity contribution in [2.75, 3.05) is 0 Å². The van der Waals surface area contributed by atoms with Gasteiger partial charge in [-0.25, -0.2) is 9.78 Å². The molecule has 0 aliphatic heterocycles. The van der Waals surface area contributed by atoms with Gasteiger partial charge in [-0.05, 0) is 0 Å². The minimum absolute atomic E-state index is 0.114. The summed E-state index contributed by atoms with van der Waals surface area (Å²) in [6, 6.07) is 0. The number of carbonyl (C=O) groups is 1. The van der Waals surface area contributed by atoms with Crippen LogP contribution in [0.25, 0.3) is 4.96 Å². The molecular formula is C9H12N2O2SSi. The molecule has 0 fully saturated rings. The topological polar surface area (TPSA) is 54.6 Å². The zero-order valence-corrected chi connectivity index (χ0v) is 10.6. The van der Waals surface area contributed by atoms with E-state index in [9.17, 15) is 4.79 Å². The maximum Gasteiger partial charge on any atom is 0.356 e. The number of aromatic nitrogens is 2. The maximum absolute atomic E-state index is 10.7. The number of fused-ring (bicyclic) bond motifs is 1. The first-order valence-corrected chi connectivity index (χ1v) is 8.92. The number of hydrogen-bond acceptors (Lipinski definition) is 3. The van der Waals surface area contributed by atoms with Crippen LogP contribution < -0.4 is 4.50 Å². The molecule has 0 amide bonds. The summed E-state index contributed by atoms with van der Waals surface area (Å²) in [6.45, 7) is 6.78. The zero-order valence-electron chi connectivity index (χ0n) is 8.81. The van der Waals surface area contributed by atoms with Crippen LogP contribution in [0.15, 0.2) is 12.4 Å². The Bertz CT molecular complexity index is 492. The molecule has 2 rings (SSSR count). The fraction of sp³-hybridized carbons (Fsp3) is 0.333. The Balaban J connectivity index is 2.52. The fourth-order valence-corrected chi connectivity index (χ4v) is 3.99. The molecule has 0 saturated heterocycles. The largest absolute Gasteiger partial charge is 0.476 e. The third kappa shape index (κ3) is 1.82. The molecule has 2 heterocycles. The van der Waals surface area contributed by atoms with Crippen LogP contribution in [0.4, 0.5) is 0 Å². The van der Waals surface area contributed by atoms with Crippen LogP contribution in [0, 0.1) is 0 Å². The van der Waals surface area contributed by atoms with Crippen molar-refractivity contribution in [3.05, 3.63) is 18.1 Å². The van der Waals surface area contributed by atoms with Gasteiger partial charge in [0.25, 0.3) is 0 Å². The second-order valence-corrected chi connectivity index (χ2v) is 10.9. The van der Waals surface area contributed by atoms with Crippen molar-refractivity contribution in [1.29, 1.82) is 0 Å². The van der Waals surface area contributed by atoms with Crippen LogP contribution in [0.3, 0.4) is 0 Å². The summed E-state index contributed by atoms with van der Waals surface area (Å²) in [6.07, 6.45) is 3.57. The molecule has 1 N–H and O–H groups in total. The van der Waals surface area contributed by atoms with Crippen LogP contribution in [0.2, 0.25) is 19.6 Å². The standard InChI is InChI=1S/C9H12N2O2SSi/c1-15(2,3)7-5-11-4-6(8(12)13)10-9(11)14-7/h4-5H,1-3H3,(H,12,13). The monoisotopic (exact) mass is 240 g/mol. The minimum Gasteiger partial charge on any atom is -0.476 e. The van der Waals surface area contributed by atoms with E-state index in [2.05, 4.69) is 24.6 Å². The molecule has 0 unspecified atom stereocenters. The number of carboxylic acid groups (broad SMARTS) is 1. The third-order valence-corrected chi connectivity index (χ3v) is 6.68.